The highest BCUT2D eigenvalue weighted by Gasteiger charge is 2.36. The molecule has 20 heavy (non-hydrogen) atoms. The number of hydrogen-bond acceptors (Lipinski definition) is 3. The standard InChI is InChI=1S/C17H34N2O/c1-6-18-16-10-13(2)9-14(3)15(16)11-19-7-8-20-17(4,5)12-19/h13-16,18H,6-12H2,1-5H3. The van der Waals surface area contributed by atoms with E-state index in [1.165, 1.54) is 19.4 Å². The molecule has 3 heteroatoms. The lowest BCUT2D eigenvalue weighted by atomic mass is 9.72. The average Bonchev–Trinajstić information content (AvgIpc) is 2.32. The van der Waals surface area contributed by atoms with E-state index in [9.17, 15) is 0 Å². The Morgan fingerprint density at radius 1 is 1.25 bits per heavy atom. The van der Waals surface area contributed by atoms with Gasteiger partial charge in [0.2, 0.25) is 0 Å². The molecule has 4 unspecified atom stereocenters. The van der Waals surface area contributed by atoms with E-state index in [1.807, 2.05) is 0 Å². The maximum atomic E-state index is 5.85. The third-order valence-electron chi connectivity index (χ3n) is 5.12. The van der Waals surface area contributed by atoms with Gasteiger partial charge in [0.05, 0.1) is 12.2 Å². The first-order valence-corrected chi connectivity index (χ1v) is 8.51. The Morgan fingerprint density at radius 2 is 2.00 bits per heavy atom. The Labute approximate surface area is 125 Å². The van der Waals surface area contributed by atoms with Crippen LogP contribution in [0.5, 0.6) is 0 Å². The highest BCUT2D eigenvalue weighted by molar-refractivity contribution is 4.90. The fourth-order valence-electron chi connectivity index (χ4n) is 4.28. The number of morpholine rings is 1. The van der Waals surface area contributed by atoms with Crippen LogP contribution in [0.15, 0.2) is 0 Å². The molecule has 1 heterocycles. The van der Waals surface area contributed by atoms with Gasteiger partial charge in [-0.25, -0.2) is 0 Å². The summed E-state index contributed by atoms with van der Waals surface area (Å²) in [5.74, 6) is 2.49. The second kappa shape index (κ2) is 6.76. The van der Waals surface area contributed by atoms with Crippen LogP contribution in [-0.2, 0) is 4.74 Å². The summed E-state index contributed by atoms with van der Waals surface area (Å²) in [6.07, 6.45) is 2.73. The number of nitrogens with zero attached hydrogens (tertiary/aromatic N) is 1. The van der Waals surface area contributed by atoms with Crippen LogP contribution in [0.3, 0.4) is 0 Å². The second-order valence-electron chi connectivity index (χ2n) is 7.73. The summed E-state index contributed by atoms with van der Waals surface area (Å²) in [5, 5.41) is 3.75. The van der Waals surface area contributed by atoms with Crippen LogP contribution in [0.1, 0.15) is 47.5 Å². The number of nitrogens with one attached hydrogen (secondary N) is 1. The first-order valence-electron chi connectivity index (χ1n) is 8.51. The third-order valence-corrected chi connectivity index (χ3v) is 5.12. The van der Waals surface area contributed by atoms with E-state index >= 15 is 0 Å². The monoisotopic (exact) mass is 282 g/mol. The Bertz CT molecular complexity index is 305. The predicted molar refractivity (Wildman–Crippen MR) is 85.0 cm³/mol. The summed E-state index contributed by atoms with van der Waals surface area (Å²) in [5.41, 5.74) is 0.0249. The Balaban J connectivity index is 1.97. The van der Waals surface area contributed by atoms with Crippen LogP contribution in [0.2, 0.25) is 0 Å². The van der Waals surface area contributed by atoms with Gasteiger partial charge in [0, 0.05) is 25.7 Å². The van der Waals surface area contributed by atoms with Crippen molar-refractivity contribution in [2.24, 2.45) is 17.8 Å². The smallest absolute Gasteiger partial charge is 0.0753 e. The molecule has 0 radical (unpaired) electrons. The fraction of sp³-hybridized carbons (Fsp3) is 1.00. The minimum atomic E-state index is 0.0249. The van der Waals surface area contributed by atoms with Gasteiger partial charge >= 0.3 is 0 Å². The van der Waals surface area contributed by atoms with Crippen LogP contribution in [-0.4, -0.2) is 49.3 Å². The Kier molecular flexibility index (Phi) is 5.49. The molecule has 0 aromatic carbocycles. The molecular formula is C17H34N2O. The zero-order valence-corrected chi connectivity index (χ0v) is 14.1. The largest absolute Gasteiger partial charge is 0.373 e. The summed E-state index contributed by atoms with van der Waals surface area (Å²) in [7, 11) is 0. The predicted octanol–water partition coefficient (Wildman–Crippen LogP) is 2.76. The molecule has 3 nitrogen and oxygen atoms in total. The minimum Gasteiger partial charge on any atom is -0.373 e. The van der Waals surface area contributed by atoms with Gasteiger partial charge < -0.3 is 10.1 Å². The molecular weight excluding hydrogens is 248 g/mol. The van der Waals surface area contributed by atoms with Crippen molar-refractivity contribution in [3.63, 3.8) is 0 Å². The minimum absolute atomic E-state index is 0.0249. The van der Waals surface area contributed by atoms with Crippen molar-refractivity contribution in [1.29, 1.82) is 0 Å². The van der Waals surface area contributed by atoms with Crippen molar-refractivity contribution < 1.29 is 4.74 Å². The Hall–Kier alpha value is -0.120. The first kappa shape index (κ1) is 16.3. The Morgan fingerprint density at radius 3 is 2.65 bits per heavy atom. The van der Waals surface area contributed by atoms with Gasteiger partial charge in [-0.3, -0.25) is 4.90 Å². The highest BCUT2D eigenvalue weighted by Crippen LogP contribution is 2.35. The number of rotatable bonds is 4. The van der Waals surface area contributed by atoms with Crippen LogP contribution in [0.4, 0.5) is 0 Å². The van der Waals surface area contributed by atoms with Gasteiger partial charge in [-0.2, -0.15) is 0 Å². The van der Waals surface area contributed by atoms with Crippen LogP contribution < -0.4 is 5.32 Å². The number of ether oxygens (including phenoxy) is 1. The van der Waals surface area contributed by atoms with Crippen molar-refractivity contribution >= 4 is 0 Å². The molecule has 2 rings (SSSR count). The molecule has 0 amide bonds. The lowest BCUT2D eigenvalue weighted by Gasteiger charge is -2.45. The van der Waals surface area contributed by atoms with Gasteiger partial charge in [-0.05, 0) is 51.0 Å². The second-order valence-corrected chi connectivity index (χ2v) is 7.73. The average molecular weight is 282 g/mol. The maximum Gasteiger partial charge on any atom is 0.0753 e. The molecule has 1 saturated heterocycles. The van der Waals surface area contributed by atoms with Crippen LogP contribution in [0, 0.1) is 17.8 Å². The highest BCUT2D eigenvalue weighted by atomic mass is 16.5. The molecule has 1 N–H and O–H groups in total. The van der Waals surface area contributed by atoms with E-state index in [-0.39, 0.29) is 5.60 Å². The molecule has 118 valence electrons. The van der Waals surface area contributed by atoms with Gasteiger partial charge in [0.1, 0.15) is 0 Å². The van der Waals surface area contributed by atoms with E-state index in [2.05, 4.69) is 44.8 Å². The summed E-state index contributed by atoms with van der Waals surface area (Å²) >= 11 is 0. The van der Waals surface area contributed by atoms with Crippen molar-refractivity contribution in [2.45, 2.75) is 59.1 Å². The summed E-state index contributed by atoms with van der Waals surface area (Å²) in [6, 6.07) is 0.699. The zero-order chi connectivity index (χ0) is 14.8. The van der Waals surface area contributed by atoms with E-state index in [4.69, 9.17) is 4.74 Å². The van der Waals surface area contributed by atoms with E-state index in [1.54, 1.807) is 0 Å². The fourth-order valence-corrected chi connectivity index (χ4v) is 4.28. The van der Waals surface area contributed by atoms with Gasteiger partial charge in [0.15, 0.2) is 0 Å². The maximum absolute atomic E-state index is 5.85. The lowest BCUT2D eigenvalue weighted by molar-refractivity contribution is -0.0931. The summed E-state index contributed by atoms with van der Waals surface area (Å²) in [6.45, 7) is 16.9. The molecule has 0 spiro atoms. The van der Waals surface area contributed by atoms with Gasteiger partial charge in [-0.1, -0.05) is 20.8 Å². The third kappa shape index (κ3) is 4.19. The van der Waals surface area contributed by atoms with Crippen molar-refractivity contribution in [1.82, 2.24) is 10.2 Å². The van der Waals surface area contributed by atoms with Gasteiger partial charge in [-0.15, -0.1) is 0 Å². The topological polar surface area (TPSA) is 24.5 Å². The molecule has 0 bridgehead atoms. The molecule has 1 saturated carbocycles. The molecule has 0 aromatic rings. The quantitative estimate of drug-likeness (QED) is 0.858. The van der Waals surface area contributed by atoms with Crippen LogP contribution in [0.25, 0.3) is 0 Å². The molecule has 4 atom stereocenters. The zero-order valence-electron chi connectivity index (χ0n) is 14.1. The van der Waals surface area contributed by atoms with E-state index in [0.29, 0.717) is 6.04 Å². The van der Waals surface area contributed by atoms with Crippen LogP contribution >= 0.6 is 0 Å². The van der Waals surface area contributed by atoms with Crippen molar-refractivity contribution in [3.8, 4) is 0 Å². The molecule has 2 fully saturated rings. The molecule has 1 aliphatic heterocycles. The summed E-state index contributed by atoms with van der Waals surface area (Å²) < 4.78 is 5.85. The number of hydrogen-bond donors (Lipinski definition) is 1. The summed E-state index contributed by atoms with van der Waals surface area (Å²) in [4.78, 5) is 2.63. The van der Waals surface area contributed by atoms with E-state index < -0.39 is 0 Å². The lowest BCUT2D eigenvalue weighted by Crippen LogP contribution is -2.54. The van der Waals surface area contributed by atoms with E-state index in [0.717, 1.165) is 44.0 Å². The van der Waals surface area contributed by atoms with Gasteiger partial charge in [0.25, 0.3) is 0 Å². The molecule has 2 aliphatic rings. The van der Waals surface area contributed by atoms with Crippen molar-refractivity contribution in [2.75, 3.05) is 32.8 Å². The molecule has 0 aromatic heterocycles. The molecule has 1 aliphatic carbocycles. The SMILES string of the molecule is CCNC1CC(C)CC(C)C1CN1CCOC(C)(C)C1. The normalized spacial score (nSPS) is 38.9. The first-order chi connectivity index (χ1) is 9.41. The van der Waals surface area contributed by atoms with Crippen molar-refractivity contribution in [3.05, 3.63) is 0 Å².